The van der Waals surface area contributed by atoms with E-state index < -0.39 is 11.2 Å². The molecule has 3 aromatic rings. The second-order valence-corrected chi connectivity index (χ2v) is 5.89. The van der Waals surface area contributed by atoms with Gasteiger partial charge in [-0.05, 0) is 38.3 Å². The fourth-order valence-corrected chi connectivity index (χ4v) is 3.24. The van der Waals surface area contributed by atoms with E-state index >= 15 is 0 Å². The van der Waals surface area contributed by atoms with Crippen LogP contribution in [0.5, 0.6) is 0 Å². The molecule has 0 aliphatic carbocycles. The molecular formula is C13H9BrN2O2S. The van der Waals surface area contributed by atoms with Gasteiger partial charge in [0.1, 0.15) is 0 Å². The van der Waals surface area contributed by atoms with Crippen LogP contribution in [0.2, 0.25) is 0 Å². The number of thiophene rings is 1. The summed E-state index contributed by atoms with van der Waals surface area (Å²) in [6, 6.07) is 8.05. The molecular weight excluding hydrogens is 328 g/mol. The van der Waals surface area contributed by atoms with Crippen molar-refractivity contribution in [3.8, 4) is 0 Å². The number of nitrogens with zero attached hydrogens (tertiary/aromatic N) is 1. The van der Waals surface area contributed by atoms with Gasteiger partial charge < -0.3 is 0 Å². The largest absolute Gasteiger partial charge is 0.328 e. The summed E-state index contributed by atoms with van der Waals surface area (Å²) in [5.74, 6) is 0. The van der Waals surface area contributed by atoms with Crippen LogP contribution in [-0.2, 0) is 6.54 Å². The molecule has 0 unspecified atom stereocenters. The lowest BCUT2D eigenvalue weighted by atomic mass is 10.2. The fraction of sp³-hybridized carbons (Fsp3) is 0.0769. The highest BCUT2D eigenvalue weighted by molar-refractivity contribution is 9.10. The Labute approximate surface area is 120 Å². The van der Waals surface area contributed by atoms with Crippen LogP contribution in [0.1, 0.15) is 5.56 Å². The van der Waals surface area contributed by atoms with E-state index in [2.05, 4.69) is 27.0 Å². The van der Waals surface area contributed by atoms with E-state index in [0.717, 1.165) is 10.9 Å². The average molecular weight is 337 g/mol. The first kappa shape index (κ1) is 12.4. The summed E-state index contributed by atoms with van der Waals surface area (Å²) < 4.78 is 3.03. The number of hydrogen-bond donors (Lipinski definition) is 1. The minimum Gasteiger partial charge on any atom is -0.295 e. The molecule has 0 atom stereocenters. The van der Waals surface area contributed by atoms with Gasteiger partial charge in [0.25, 0.3) is 5.56 Å². The summed E-state index contributed by atoms with van der Waals surface area (Å²) in [6.07, 6.45) is 1.52. The zero-order valence-corrected chi connectivity index (χ0v) is 12.1. The van der Waals surface area contributed by atoms with Gasteiger partial charge in [-0.15, -0.1) is 11.3 Å². The maximum atomic E-state index is 11.7. The number of rotatable bonds is 2. The van der Waals surface area contributed by atoms with E-state index in [9.17, 15) is 9.59 Å². The molecule has 0 aliphatic heterocycles. The minimum atomic E-state index is -0.406. The van der Waals surface area contributed by atoms with Crippen molar-refractivity contribution in [2.45, 2.75) is 6.54 Å². The van der Waals surface area contributed by atoms with Gasteiger partial charge >= 0.3 is 5.69 Å². The van der Waals surface area contributed by atoms with Gasteiger partial charge in [0.05, 0.1) is 11.0 Å². The third-order valence-corrected chi connectivity index (χ3v) is 4.45. The van der Waals surface area contributed by atoms with E-state index in [1.54, 1.807) is 11.3 Å². The van der Waals surface area contributed by atoms with E-state index in [1.807, 2.05) is 23.6 Å². The predicted molar refractivity (Wildman–Crippen MR) is 79.9 cm³/mol. The Balaban J connectivity index is 2.09. The number of aromatic nitrogens is 2. The van der Waals surface area contributed by atoms with Gasteiger partial charge in [-0.3, -0.25) is 14.3 Å². The van der Waals surface area contributed by atoms with Gasteiger partial charge in [0.15, 0.2) is 0 Å². The van der Waals surface area contributed by atoms with Gasteiger partial charge in [0, 0.05) is 10.9 Å². The standard InChI is InChI=1S/C13H9BrN2O2S/c14-10-6-16(13(18)15-12(10)17)5-8-7-19-11-4-2-1-3-9(8)11/h1-4,6-7H,5H2,(H,15,17,18). The number of aromatic amines is 1. The Morgan fingerprint density at radius 3 is 2.89 bits per heavy atom. The summed E-state index contributed by atoms with van der Waals surface area (Å²) in [6.45, 7) is 0.443. The average Bonchev–Trinajstić information content (AvgIpc) is 2.80. The van der Waals surface area contributed by atoms with E-state index in [4.69, 9.17) is 0 Å². The first-order valence-corrected chi connectivity index (χ1v) is 7.27. The summed E-state index contributed by atoms with van der Waals surface area (Å²) in [5, 5.41) is 3.18. The molecule has 0 bridgehead atoms. The highest BCUT2D eigenvalue weighted by atomic mass is 79.9. The van der Waals surface area contributed by atoms with Gasteiger partial charge in [-0.2, -0.15) is 0 Å². The second-order valence-electron chi connectivity index (χ2n) is 4.12. The van der Waals surface area contributed by atoms with Gasteiger partial charge in [-0.25, -0.2) is 4.79 Å². The first-order valence-electron chi connectivity index (χ1n) is 5.59. The van der Waals surface area contributed by atoms with Crippen molar-refractivity contribution in [3.05, 3.63) is 66.7 Å². The third-order valence-electron chi connectivity index (χ3n) is 2.87. The molecule has 1 aromatic carbocycles. The van der Waals surface area contributed by atoms with Crippen LogP contribution in [0, 0.1) is 0 Å². The zero-order chi connectivity index (χ0) is 13.4. The van der Waals surface area contributed by atoms with Crippen LogP contribution < -0.4 is 11.2 Å². The Hall–Kier alpha value is -1.66. The number of nitrogens with one attached hydrogen (secondary N) is 1. The van der Waals surface area contributed by atoms with Crippen molar-refractivity contribution in [1.29, 1.82) is 0 Å². The molecule has 1 N–H and O–H groups in total. The molecule has 0 fully saturated rings. The topological polar surface area (TPSA) is 54.9 Å². The van der Waals surface area contributed by atoms with Crippen molar-refractivity contribution in [1.82, 2.24) is 9.55 Å². The molecule has 19 heavy (non-hydrogen) atoms. The molecule has 0 saturated heterocycles. The van der Waals surface area contributed by atoms with Gasteiger partial charge in [0.2, 0.25) is 0 Å². The summed E-state index contributed by atoms with van der Waals surface area (Å²) in [4.78, 5) is 25.3. The molecule has 4 nitrogen and oxygen atoms in total. The summed E-state index contributed by atoms with van der Waals surface area (Å²) in [5.41, 5.74) is 0.265. The van der Waals surface area contributed by atoms with Crippen molar-refractivity contribution >= 4 is 37.4 Å². The highest BCUT2D eigenvalue weighted by Gasteiger charge is 2.07. The number of benzene rings is 1. The van der Waals surface area contributed by atoms with Crippen molar-refractivity contribution in [2.24, 2.45) is 0 Å². The lowest BCUT2D eigenvalue weighted by Crippen LogP contribution is -2.30. The molecule has 0 radical (unpaired) electrons. The SMILES string of the molecule is O=c1[nH]c(=O)n(Cc2csc3ccccc23)cc1Br. The summed E-state index contributed by atoms with van der Waals surface area (Å²) >= 11 is 4.78. The molecule has 96 valence electrons. The maximum absolute atomic E-state index is 11.7. The number of hydrogen-bond acceptors (Lipinski definition) is 3. The third kappa shape index (κ3) is 2.29. The van der Waals surface area contributed by atoms with Crippen molar-refractivity contribution in [2.75, 3.05) is 0 Å². The molecule has 2 heterocycles. The maximum Gasteiger partial charge on any atom is 0.328 e. The van der Waals surface area contributed by atoms with Crippen LogP contribution in [0.15, 0.2) is 49.9 Å². The van der Waals surface area contributed by atoms with E-state index in [-0.39, 0.29) is 0 Å². The quantitative estimate of drug-likeness (QED) is 0.781. The fourth-order valence-electron chi connectivity index (χ4n) is 1.94. The molecule has 0 spiro atoms. The van der Waals surface area contributed by atoms with Crippen LogP contribution in [0.25, 0.3) is 10.1 Å². The van der Waals surface area contributed by atoms with Crippen LogP contribution in [-0.4, -0.2) is 9.55 Å². The molecule has 3 rings (SSSR count). The Morgan fingerprint density at radius 2 is 2.05 bits per heavy atom. The van der Waals surface area contributed by atoms with Gasteiger partial charge in [-0.1, -0.05) is 18.2 Å². The second kappa shape index (κ2) is 4.79. The van der Waals surface area contributed by atoms with E-state index in [0.29, 0.717) is 11.0 Å². The zero-order valence-electron chi connectivity index (χ0n) is 9.72. The van der Waals surface area contributed by atoms with Crippen LogP contribution in [0.3, 0.4) is 0 Å². The Bertz CT molecular complexity index is 863. The summed E-state index contributed by atoms with van der Waals surface area (Å²) in [7, 11) is 0. The Morgan fingerprint density at radius 1 is 1.26 bits per heavy atom. The lowest BCUT2D eigenvalue weighted by Gasteiger charge is -2.04. The monoisotopic (exact) mass is 336 g/mol. The Kier molecular flexibility index (Phi) is 3.12. The van der Waals surface area contributed by atoms with Crippen molar-refractivity contribution < 1.29 is 0 Å². The lowest BCUT2D eigenvalue weighted by molar-refractivity contribution is 0.720. The normalized spacial score (nSPS) is 11.0. The first-order chi connectivity index (χ1) is 9.15. The minimum absolute atomic E-state index is 0.353. The molecule has 0 aliphatic rings. The molecule has 2 aromatic heterocycles. The predicted octanol–water partition coefficient (Wildman–Crippen LogP) is 2.56. The molecule has 6 heteroatoms. The molecule has 0 saturated carbocycles. The highest BCUT2D eigenvalue weighted by Crippen LogP contribution is 2.25. The van der Waals surface area contributed by atoms with Crippen molar-refractivity contribution in [3.63, 3.8) is 0 Å². The molecule has 0 amide bonds. The number of H-pyrrole nitrogens is 1. The van der Waals surface area contributed by atoms with Crippen LogP contribution in [0.4, 0.5) is 0 Å². The number of halogens is 1. The van der Waals surface area contributed by atoms with Crippen LogP contribution >= 0.6 is 27.3 Å². The van der Waals surface area contributed by atoms with E-state index in [1.165, 1.54) is 15.5 Å². The smallest absolute Gasteiger partial charge is 0.295 e. The number of fused-ring (bicyclic) bond motifs is 1.